The summed E-state index contributed by atoms with van der Waals surface area (Å²) in [4.78, 5) is 2.46. The Morgan fingerprint density at radius 2 is 2.05 bits per heavy atom. The molecule has 0 aromatic heterocycles. The predicted octanol–water partition coefficient (Wildman–Crippen LogP) is 4.11. The van der Waals surface area contributed by atoms with Crippen LogP contribution in [0.3, 0.4) is 0 Å². The Morgan fingerprint density at radius 3 is 2.63 bits per heavy atom. The molecule has 1 aliphatic heterocycles. The highest BCUT2D eigenvalue weighted by atomic mass is 35.5. The molecule has 2 atom stereocenters. The van der Waals surface area contributed by atoms with Crippen molar-refractivity contribution in [1.82, 2.24) is 4.90 Å². The largest absolute Gasteiger partial charge is 0.327 e. The van der Waals surface area contributed by atoms with Crippen molar-refractivity contribution >= 4 is 23.2 Å². The molecule has 19 heavy (non-hydrogen) atoms. The van der Waals surface area contributed by atoms with Gasteiger partial charge in [0, 0.05) is 35.2 Å². The van der Waals surface area contributed by atoms with Gasteiger partial charge in [0.25, 0.3) is 0 Å². The zero-order chi connectivity index (χ0) is 14.2. The van der Waals surface area contributed by atoms with Gasteiger partial charge in [0.1, 0.15) is 0 Å². The molecule has 2 rings (SSSR count). The zero-order valence-electron chi connectivity index (χ0n) is 11.8. The number of piperidine rings is 1. The summed E-state index contributed by atoms with van der Waals surface area (Å²) in [5, 5.41) is 1.43. The average Bonchev–Trinajstić information content (AvgIpc) is 2.32. The van der Waals surface area contributed by atoms with E-state index >= 15 is 0 Å². The van der Waals surface area contributed by atoms with Gasteiger partial charge in [-0.15, -0.1) is 0 Å². The first-order chi connectivity index (χ1) is 8.81. The molecule has 0 amide bonds. The first kappa shape index (κ1) is 15.1. The molecule has 0 spiro atoms. The van der Waals surface area contributed by atoms with Gasteiger partial charge in [-0.2, -0.15) is 0 Å². The molecule has 1 fully saturated rings. The van der Waals surface area contributed by atoms with Crippen molar-refractivity contribution in [2.24, 2.45) is 11.1 Å². The summed E-state index contributed by atoms with van der Waals surface area (Å²) in [5.74, 6) is 0. The molecule has 2 N–H and O–H groups in total. The van der Waals surface area contributed by atoms with Crippen molar-refractivity contribution in [2.75, 3.05) is 13.1 Å². The van der Waals surface area contributed by atoms with Crippen LogP contribution in [0.15, 0.2) is 18.2 Å². The monoisotopic (exact) mass is 300 g/mol. The Balaban J connectivity index is 2.18. The zero-order valence-corrected chi connectivity index (χ0v) is 13.3. The second kappa shape index (κ2) is 5.61. The van der Waals surface area contributed by atoms with E-state index in [4.69, 9.17) is 28.9 Å². The average molecular weight is 301 g/mol. The molecule has 4 heteroatoms. The van der Waals surface area contributed by atoms with E-state index in [1.54, 1.807) is 0 Å². The Bertz CT molecular complexity index is 459. The maximum absolute atomic E-state index is 6.31. The second-order valence-corrected chi connectivity index (χ2v) is 7.04. The van der Waals surface area contributed by atoms with E-state index < -0.39 is 0 Å². The van der Waals surface area contributed by atoms with Crippen LogP contribution < -0.4 is 5.73 Å². The van der Waals surface area contributed by atoms with Crippen LogP contribution in [0.2, 0.25) is 10.0 Å². The third-order valence-electron chi connectivity index (χ3n) is 4.30. The van der Waals surface area contributed by atoms with Gasteiger partial charge in [0.2, 0.25) is 0 Å². The highest BCUT2D eigenvalue weighted by Gasteiger charge is 2.35. The number of likely N-dealkylation sites (tertiary alicyclic amines) is 1. The normalized spacial score (nSPS) is 25.3. The highest BCUT2D eigenvalue weighted by molar-refractivity contribution is 6.35. The smallest absolute Gasteiger partial charge is 0.0468 e. The van der Waals surface area contributed by atoms with Crippen LogP contribution >= 0.6 is 23.2 Å². The predicted molar refractivity (Wildman–Crippen MR) is 82.8 cm³/mol. The summed E-state index contributed by atoms with van der Waals surface area (Å²) in [6.45, 7) is 8.68. The molecular weight excluding hydrogens is 279 g/mol. The van der Waals surface area contributed by atoms with Crippen molar-refractivity contribution in [1.29, 1.82) is 0 Å². The molecule has 0 saturated carbocycles. The molecule has 0 bridgehead atoms. The SMILES string of the molecule is CC(c1ccc(Cl)cc1Cl)N1CCC(N)C(C)(C)C1. The summed E-state index contributed by atoms with van der Waals surface area (Å²) < 4.78 is 0. The van der Waals surface area contributed by atoms with Crippen molar-refractivity contribution in [3.8, 4) is 0 Å². The van der Waals surface area contributed by atoms with Gasteiger partial charge < -0.3 is 5.73 Å². The molecule has 1 aromatic rings. The molecule has 1 saturated heterocycles. The van der Waals surface area contributed by atoms with E-state index in [1.807, 2.05) is 18.2 Å². The van der Waals surface area contributed by atoms with Gasteiger partial charge in [0.15, 0.2) is 0 Å². The molecule has 2 unspecified atom stereocenters. The van der Waals surface area contributed by atoms with Gasteiger partial charge >= 0.3 is 0 Å². The van der Waals surface area contributed by atoms with Crippen molar-refractivity contribution < 1.29 is 0 Å². The Hall–Kier alpha value is -0.280. The summed E-state index contributed by atoms with van der Waals surface area (Å²) in [5.41, 5.74) is 7.47. The van der Waals surface area contributed by atoms with Crippen LogP contribution in [-0.4, -0.2) is 24.0 Å². The molecule has 2 nitrogen and oxygen atoms in total. The molecule has 1 aromatic carbocycles. The van der Waals surface area contributed by atoms with E-state index in [-0.39, 0.29) is 17.5 Å². The van der Waals surface area contributed by atoms with Crippen LogP contribution in [0, 0.1) is 5.41 Å². The summed E-state index contributed by atoms with van der Waals surface area (Å²) in [6, 6.07) is 6.31. The first-order valence-corrected chi connectivity index (χ1v) is 7.51. The Kier molecular flexibility index (Phi) is 4.46. The maximum atomic E-state index is 6.31. The van der Waals surface area contributed by atoms with E-state index in [1.165, 1.54) is 0 Å². The number of hydrogen-bond donors (Lipinski definition) is 1. The fraction of sp³-hybridized carbons (Fsp3) is 0.600. The van der Waals surface area contributed by atoms with Crippen molar-refractivity contribution in [3.63, 3.8) is 0 Å². The van der Waals surface area contributed by atoms with Crippen LogP contribution in [0.4, 0.5) is 0 Å². The first-order valence-electron chi connectivity index (χ1n) is 6.76. The molecule has 1 aliphatic rings. The van der Waals surface area contributed by atoms with E-state index in [0.717, 1.165) is 30.1 Å². The van der Waals surface area contributed by atoms with E-state index in [0.29, 0.717) is 5.02 Å². The fourth-order valence-corrected chi connectivity index (χ4v) is 3.35. The lowest BCUT2D eigenvalue weighted by Gasteiger charge is -2.45. The van der Waals surface area contributed by atoms with Crippen LogP contribution in [0.5, 0.6) is 0 Å². The summed E-state index contributed by atoms with van der Waals surface area (Å²) in [7, 11) is 0. The van der Waals surface area contributed by atoms with Crippen LogP contribution in [0.25, 0.3) is 0 Å². The Morgan fingerprint density at radius 1 is 1.37 bits per heavy atom. The van der Waals surface area contributed by atoms with E-state index in [2.05, 4.69) is 25.7 Å². The molecule has 0 aliphatic carbocycles. The molecule has 106 valence electrons. The third kappa shape index (κ3) is 3.25. The van der Waals surface area contributed by atoms with Crippen molar-refractivity contribution in [3.05, 3.63) is 33.8 Å². The number of nitrogens with zero attached hydrogens (tertiary/aromatic N) is 1. The maximum Gasteiger partial charge on any atom is 0.0468 e. The standard InChI is InChI=1S/C15H22Cl2N2/c1-10(12-5-4-11(16)8-13(12)17)19-7-6-14(18)15(2,3)9-19/h4-5,8,10,14H,6-7,9,18H2,1-3H3. The lowest BCUT2D eigenvalue weighted by molar-refractivity contribution is 0.0664. The van der Waals surface area contributed by atoms with Crippen LogP contribution in [0.1, 0.15) is 38.8 Å². The van der Waals surface area contributed by atoms with Gasteiger partial charge in [-0.3, -0.25) is 4.90 Å². The third-order valence-corrected chi connectivity index (χ3v) is 4.86. The quantitative estimate of drug-likeness (QED) is 0.890. The van der Waals surface area contributed by atoms with E-state index in [9.17, 15) is 0 Å². The second-order valence-electron chi connectivity index (χ2n) is 6.20. The van der Waals surface area contributed by atoms with Crippen molar-refractivity contribution in [2.45, 2.75) is 39.3 Å². The number of rotatable bonds is 2. The van der Waals surface area contributed by atoms with Gasteiger partial charge in [0.05, 0.1) is 0 Å². The molecule has 1 heterocycles. The van der Waals surface area contributed by atoms with Gasteiger partial charge in [-0.05, 0) is 36.5 Å². The minimum atomic E-state index is 0.144. The minimum Gasteiger partial charge on any atom is -0.327 e. The fourth-order valence-electron chi connectivity index (χ4n) is 2.78. The number of halogens is 2. The van der Waals surface area contributed by atoms with Gasteiger partial charge in [-0.1, -0.05) is 43.1 Å². The minimum absolute atomic E-state index is 0.144. The number of benzene rings is 1. The van der Waals surface area contributed by atoms with Gasteiger partial charge in [-0.25, -0.2) is 0 Å². The molecule has 0 radical (unpaired) electrons. The number of hydrogen-bond acceptors (Lipinski definition) is 2. The summed E-state index contributed by atoms with van der Waals surface area (Å²) >= 11 is 12.3. The Labute approximate surface area is 125 Å². The number of nitrogens with two attached hydrogens (primary N) is 1. The van der Waals surface area contributed by atoms with Crippen LogP contribution in [-0.2, 0) is 0 Å². The molecular formula is C15H22Cl2N2. The topological polar surface area (TPSA) is 29.3 Å². The lowest BCUT2D eigenvalue weighted by Crippen LogP contribution is -2.52. The lowest BCUT2D eigenvalue weighted by atomic mass is 9.79. The highest BCUT2D eigenvalue weighted by Crippen LogP contribution is 2.35. The summed E-state index contributed by atoms with van der Waals surface area (Å²) in [6.07, 6.45) is 1.03.